The van der Waals surface area contributed by atoms with E-state index >= 15 is 0 Å². The number of fused-ring (bicyclic) bond motifs is 1. The summed E-state index contributed by atoms with van der Waals surface area (Å²) in [5.41, 5.74) is 2.82. The number of nitrogens with zero attached hydrogens (tertiary/aromatic N) is 5. The fourth-order valence-corrected chi connectivity index (χ4v) is 3.52. The van der Waals surface area contributed by atoms with Crippen LogP contribution in [0.1, 0.15) is 12.8 Å². The number of hydrogen-bond acceptors (Lipinski definition) is 5. The topological polar surface area (TPSA) is 56.1 Å². The Balaban J connectivity index is 1.48. The van der Waals surface area contributed by atoms with Crippen molar-refractivity contribution in [3.63, 3.8) is 0 Å². The van der Waals surface area contributed by atoms with Gasteiger partial charge >= 0.3 is 0 Å². The highest BCUT2D eigenvalue weighted by molar-refractivity contribution is 6.29. The zero-order chi connectivity index (χ0) is 17.5. The molecule has 1 aliphatic heterocycles. The van der Waals surface area contributed by atoms with Crippen LogP contribution in [0.2, 0.25) is 5.15 Å². The van der Waals surface area contributed by atoms with Crippen LogP contribution < -0.4 is 4.90 Å². The second-order valence-corrected chi connectivity index (χ2v) is 7.43. The van der Waals surface area contributed by atoms with Gasteiger partial charge in [0.1, 0.15) is 5.15 Å². The first kappa shape index (κ1) is 16.0. The number of halogens is 1. The van der Waals surface area contributed by atoms with E-state index in [1.54, 1.807) is 0 Å². The lowest BCUT2D eigenvalue weighted by Crippen LogP contribution is -2.37. The van der Waals surface area contributed by atoms with E-state index in [1.807, 2.05) is 6.07 Å². The van der Waals surface area contributed by atoms with E-state index in [0.29, 0.717) is 24.3 Å². The minimum atomic E-state index is 0.454. The Kier molecular flexibility index (Phi) is 4.02. The zero-order valence-corrected chi connectivity index (χ0v) is 15.2. The van der Waals surface area contributed by atoms with Gasteiger partial charge in [0, 0.05) is 42.8 Å². The van der Waals surface area contributed by atoms with Crippen LogP contribution in [0.4, 0.5) is 5.95 Å². The molecule has 0 amide bonds. The summed E-state index contributed by atoms with van der Waals surface area (Å²) in [5, 5.41) is 6.34. The molecule has 1 aromatic carbocycles. The van der Waals surface area contributed by atoms with Gasteiger partial charge in [-0.15, -0.1) is 0 Å². The monoisotopic (exact) mass is 369 g/mol. The molecule has 3 aromatic rings. The summed E-state index contributed by atoms with van der Waals surface area (Å²) in [6, 6.07) is 8.08. The lowest BCUT2D eigenvalue weighted by atomic mass is 10.1. The lowest BCUT2D eigenvalue weighted by Gasteiger charge is -2.27. The summed E-state index contributed by atoms with van der Waals surface area (Å²) in [6.45, 7) is 3.96. The normalized spacial score (nSPS) is 17.8. The van der Waals surface area contributed by atoms with Gasteiger partial charge in [-0.3, -0.25) is 4.68 Å². The predicted octanol–water partition coefficient (Wildman–Crippen LogP) is 3.39. The molecular weight excluding hydrogens is 350 g/mol. The van der Waals surface area contributed by atoms with E-state index in [9.17, 15) is 0 Å². The van der Waals surface area contributed by atoms with Gasteiger partial charge < -0.3 is 9.64 Å². The van der Waals surface area contributed by atoms with Crippen LogP contribution in [0.25, 0.3) is 22.2 Å². The highest BCUT2D eigenvalue weighted by atomic mass is 35.5. The molecule has 1 saturated heterocycles. The molecule has 1 aliphatic carbocycles. The number of benzene rings is 1. The Labute approximate surface area is 156 Å². The summed E-state index contributed by atoms with van der Waals surface area (Å²) in [4.78, 5) is 11.2. The van der Waals surface area contributed by atoms with Gasteiger partial charge in [-0.05, 0) is 24.8 Å². The molecule has 0 unspecified atom stereocenters. The first-order chi connectivity index (χ1) is 12.7. The Morgan fingerprint density at radius 1 is 1.12 bits per heavy atom. The van der Waals surface area contributed by atoms with Gasteiger partial charge in [-0.2, -0.15) is 5.10 Å². The minimum Gasteiger partial charge on any atom is -0.378 e. The average molecular weight is 370 g/mol. The molecule has 1 saturated carbocycles. The molecule has 0 atom stereocenters. The smallest absolute Gasteiger partial charge is 0.227 e. The average Bonchev–Trinajstić information content (AvgIpc) is 3.38. The number of morpholine rings is 1. The minimum absolute atomic E-state index is 0.454. The summed E-state index contributed by atoms with van der Waals surface area (Å²) < 4.78 is 7.48. The van der Waals surface area contributed by atoms with Crippen molar-refractivity contribution in [2.45, 2.75) is 19.4 Å². The van der Waals surface area contributed by atoms with E-state index in [1.165, 1.54) is 12.8 Å². The molecule has 0 N–H and O–H groups in total. The van der Waals surface area contributed by atoms with Gasteiger partial charge in [0.2, 0.25) is 5.95 Å². The van der Waals surface area contributed by atoms with E-state index in [-0.39, 0.29) is 0 Å². The Hall–Kier alpha value is -2.18. The molecule has 7 heteroatoms. The molecule has 0 spiro atoms. The summed E-state index contributed by atoms with van der Waals surface area (Å²) >= 11 is 6.28. The van der Waals surface area contributed by atoms with Crippen LogP contribution in [0.15, 0.2) is 30.5 Å². The lowest BCUT2D eigenvalue weighted by molar-refractivity contribution is 0.122. The summed E-state index contributed by atoms with van der Waals surface area (Å²) in [5.74, 6) is 1.47. The van der Waals surface area contributed by atoms with Crippen molar-refractivity contribution in [1.82, 2.24) is 19.7 Å². The molecule has 2 fully saturated rings. The van der Waals surface area contributed by atoms with Gasteiger partial charge in [-0.1, -0.05) is 23.7 Å². The molecule has 2 aliphatic rings. The molecule has 0 radical (unpaired) electrons. The van der Waals surface area contributed by atoms with Crippen molar-refractivity contribution in [3.8, 4) is 11.3 Å². The number of rotatable bonds is 4. The standard InChI is InChI=1S/C19H20ClN5O/c20-18-10-16(21-19(22-18)24-5-7-26-8-6-24)14-3-4-15-12-25(11-13-1-2-13)23-17(15)9-14/h3-4,9-10,12-13H,1-2,5-8,11H2. The van der Waals surface area contributed by atoms with Gasteiger partial charge in [0.25, 0.3) is 0 Å². The van der Waals surface area contributed by atoms with Crippen LogP contribution >= 0.6 is 11.6 Å². The predicted molar refractivity (Wildman–Crippen MR) is 102 cm³/mol. The zero-order valence-electron chi connectivity index (χ0n) is 14.4. The van der Waals surface area contributed by atoms with E-state index < -0.39 is 0 Å². The third-order valence-electron chi connectivity index (χ3n) is 4.97. The maximum absolute atomic E-state index is 6.28. The highest BCUT2D eigenvalue weighted by Crippen LogP contribution is 2.31. The highest BCUT2D eigenvalue weighted by Gasteiger charge is 2.22. The van der Waals surface area contributed by atoms with Crippen molar-refractivity contribution in [3.05, 3.63) is 35.6 Å². The van der Waals surface area contributed by atoms with Gasteiger partial charge in [-0.25, -0.2) is 9.97 Å². The van der Waals surface area contributed by atoms with Crippen LogP contribution in [0.5, 0.6) is 0 Å². The number of hydrogen-bond donors (Lipinski definition) is 0. The first-order valence-corrected chi connectivity index (χ1v) is 9.47. The molecular formula is C19H20ClN5O. The van der Waals surface area contributed by atoms with Crippen LogP contribution in [0.3, 0.4) is 0 Å². The van der Waals surface area contributed by atoms with Crippen molar-refractivity contribution in [2.75, 3.05) is 31.2 Å². The van der Waals surface area contributed by atoms with Crippen molar-refractivity contribution in [2.24, 2.45) is 5.92 Å². The maximum Gasteiger partial charge on any atom is 0.227 e. The first-order valence-electron chi connectivity index (χ1n) is 9.09. The van der Waals surface area contributed by atoms with Crippen molar-refractivity contribution >= 4 is 28.5 Å². The molecule has 2 aromatic heterocycles. The fraction of sp³-hybridized carbons (Fsp3) is 0.421. The molecule has 6 nitrogen and oxygen atoms in total. The van der Waals surface area contributed by atoms with Crippen LogP contribution in [0, 0.1) is 5.92 Å². The molecule has 26 heavy (non-hydrogen) atoms. The Bertz CT molecular complexity index is 946. The number of aromatic nitrogens is 4. The van der Waals surface area contributed by atoms with Crippen LogP contribution in [-0.4, -0.2) is 46.1 Å². The molecule has 5 rings (SSSR count). The number of ether oxygens (including phenoxy) is 1. The SMILES string of the molecule is Clc1cc(-c2ccc3cn(CC4CC4)nc3c2)nc(N2CCOCC2)n1. The second-order valence-electron chi connectivity index (χ2n) is 7.04. The van der Waals surface area contributed by atoms with Gasteiger partial charge in [0.15, 0.2) is 0 Å². The van der Waals surface area contributed by atoms with Crippen LogP contribution in [-0.2, 0) is 11.3 Å². The number of anilines is 1. The molecule has 134 valence electrons. The Morgan fingerprint density at radius 2 is 1.96 bits per heavy atom. The third-order valence-corrected chi connectivity index (χ3v) is 5.16. The maximum atomic E-state index is 6.28. The summed E-state index contributed by atoms with van der Waals surface area (Å²) in [7, 11) is 0. The van der Waals surface area contributed by atoms with E-state index in [0.717, 1.165) is 47.7 Å². The summed E-state index contributed by atoms with van der Waals surface area (Å²) in [6.07, 6.45) is 4.78. The van der Waals surface area contributed by atoms with E-state index in [2.05, 4.69) is 39.0 Å². The second kappa shape index (κ2) is 6.52. The van der Waals surface area contributed by atoms with E-state index in [4.69, 9.17) is 26.4 Å². The van der Waals surface area contributed by atoms with Crippen molar-refractivity contribution in [1.29, 1.82) is 0 Å². The molecule has 0 bridgehead atoms. The fourth-order valence-electron chi connectivity index (χ4n) is 3.34. The molecule has 3 heterocycles. The van der Waals surface area contributed by atoms with Crippen molar-refractivity contribution < 1.29 is 4.74 Å². The largest absolute Gasteiger partial charge is 0.378 e. The van der Waals surface area contributed by atoms with Gasteiger partial charge in [0.05, 0.1) is 24.4 Å². The Morgan fingerprint density at radius 3 is 2.77 bits per heavy atom. The quantitative estimate of drug-likeness (QED) is 0.660. The third kappa shape index (κ3) is 3.27.